The molecule has 0 spiro atoms. The maximum atomic E-state index is 12.4. The van der Waals surface area contributed by atoms with Gasteiger partial charge in [-0.15, -0.1) is 0 Å². The van der Waals surface area contributed by atoms with Gasteiger partial charge in [0.1, 0.15) is 0 Å². The molecule has 0 aromatic heterocycles. The molecule has 1 aromatic carbocycles. The molecule has 2 amide bonds. The van der Waals surface area contributed by atoms with Crippen molar-refractivity contribution in [2.24, 2.45) is 0 Å². The SMILES string of the molecule is CCCCN(CCCC)C(=O)C(=O)N(C)Cc1ccccc1. The van der Waals surface area contributed by atoms with Gasteiger partial charge in [0.15, 0.2) is 0 Å². The van der Waals surface area contributed by atoms with Gasteiger partial charge in [0.2, 0.25) is 0 Å². The van der Waals surface area contributed by atoms with E-state index in [9.17, 15) is 9.59 Å². The van der Waals surface area contributed by atoms with Crippen molar-refractivity contribution < 1.29 is 9.59 Å². The molecule has 4 nitrogen and oxygen atoms in total. The highest BCUT2D eigenvalue weighted by Crippen LogP contribution is 2.06. The van der Waals surface area contributed by atoms with Gasteiger partial charge in [-0.05, 0) is 18.4 Å². The summed E-state index contributed by atoms with van der Waals surface area (Å²) in [5, 5.41) is 0. The number of hydrogen-bond donors (Lipinski definition) is 0. The van der Waals surface area contributed by atoms with Gasteiger partial charge in [-0.1, -0.05) is 57.0 Å². The van der Waals surface area contributed by atoms with Gasteiger partial charge < -0.3 is 9.80 Å². The largest absolute Gasteiger partial charge is 0.334 e. The molecule has 1 aromatic rings. The van der Waals surface area contributed by atoms with Crippen LogP contribution < -0.4 is 0 Å². The second-order valence-corrected chi connectivity index (χ2v) is 5.65. The van der Waals surface area contributed by atoms with Gasteiger partial charge in [-0.3, -0.25) is 9.59 Å². The average Bonchev–Trinajstić information content (AvgIpc) is 2.54. The van der Waals surface area contributed by atoms with Crippen LogP contribution in [0.3, 0.4) is 0 Å². The quantitative estimate of drug-likeness (QED) is 0.693. The molecule has 4 heteroatoms. The lowest BCUT2D eigenvalue weighted by Crippen LogP contribution is -2.44. The van der Waals surface area contributed by atoms with Crippen molar-refractivity contribution in [2.45, 2.75) is 46.1 Å². The average molecular weight is 304 g/mol. The first-order chi connectivity index (χ1) is 10.6. The molecule has 0 saturated heterocycles. The fourth-order valence-electron chi connectivity index (χ4n) is 2.24. The monoisotopic (exact) mass is 304 g/mol. The Morgan fingerprint density at radius 1 is 0.909 bits per heavy atom. The highest BCUT2D eigenvalue weighted by atomic mass is 16.2. The molecule has 1 rings (SSSR count). The number of carbonyl (C=O) groups is 2. The Kier molecular flexibility index (Phi) is 8.26. The summed E-state index contributed by atoms with van der Waals surface area (Å²) in [6.07, 6.45) is 3.91. The van der Waals surface area contributed by atoms with E-state index in [4.69, 9.17) is 0 Å². The van der Waals surface area contributed by atoms with Crippen molar-refractivity contribution in [3.8, 4) is 0 Å². The fourth-order valence-corrected chi connectivity index (χ4v) is 2.24. The van der Waals surface area contributed by atoms with Gasteiger partial charge >= 0.3 is 11.8 Å². The van der Waals surface area contributed by atoms with Crippen molar-refractivity contribution in [2.75, 3.05) is 20.1 Å². The third-order valence-electron chi connectivity index (χ3n) is 3.64. The van der Waals surface area contributed by atoms with E-state index in [1.54, 1.807) is 11.9 Å². The first kappa shape index (κ1) is 18.2. The molecule has 122 valence electrons. The van der Waals surface area contributed by atoms with Crippen molar-refractivity contribution in [3.63, 3.8) is 0 Å². The van der Waals surface area contributed by atoms with E-state index < -0.39 is 5.91 Å². The van der Waals surface area contributed by atoms with Crippen LogP contribution >= 0.6 is 0 Å². The van der Waals surface area contributed by atoms with Crippen LogP contribution in [0.5, 0.6) is 0 Å². The lowest BCUT2D eigenvalue weighted by atomic mass is 10.2. The van der Waals surface area contributed by atoms with Crippen LogP contribution in [0.1, 0.15) is 45.1 Å². The second-order valence-electron chi connectivity index (χ2n) is 5.65. The second kappa shape index (κ2) is 9.98. The Morgan fingerprint density at radius 2 is 1.45 bits per heavy atom. The van der Waals surface area contributed by atoms with E-state index in [0.717, 1.165) is 31.2 Å². The number of carbonyl (C=O) groups excluding carboxylic acids is 2. The molecule has 0 N–H and O–H groups in total. The third kappa shape index (κ3) is 5.88. The molecular weight excluding hydrogens is 276 g/mol. The van der Waals surface area contributed by atoms with Crippen molar-refractivity contribution >= 4 is 11.8 Å². The lowest BCUT2D eigenvalue weighted by molar-refractivity contribution is -0.151. The van der Waals surface area contributed by atoms with E-state index in [1.807, 2.05) is 30.3 Å². The minimum absolute atomic E-state index is 0.375. The summed E-state index contributed by atoms with van der Waals surface area (Å²) in [5.74, 6) is -0.795. The Hall–Kier alpha value is -1.84. The van der Waals surface area contributed by atoms with Crippen LogP contribution in [0.15, 0.2) is 30.3 Å². The topological polar surface area (TPSA) is 40.6 Å². The molecule has 0 saturated carbocycles. The van der Waals surface area contributed by atoms with E-state index in [1.165, 1.54) is 4.90 Å². The van der Waals surface area contributed by atoms with Gasteiger partial charge in [0.05, 0.1) is 0 Å². The molecule has 0 atom stereocenters. The van der Waals surface area contributed by atoms with Crippen molar-refractivity contribution in [1.29, 1.82) is 0 Å². The highest BCUT2D eigenvalue weighted by Gasteiger charge is 2.24. The number of rotatable bonds is 8. The van der Waals surface area contributed by atoms with E-state index in [0.29, 0.717) is 19.6 Å². The van der Waals surface area contributed by atoms with Crippen LogP contribution in [0, 0.1) is 0 Å². The summed E-state index contributed by atoms with van der Waals surface area (Å²) >= 11 is 0. The number of likely N-dealkylation sites (N-methyl/N-ethyl adjacent to an activating group) is 1. The number of benzene rings is 1. The number of amides is 2. The van der Waals surface area contributed by atoms with Crippen LogP contribution in [-0.4, -0.2) is 41.8 Å². The van der Waals surface area contributed by atoms with Crippen LogP contribution in [-0.2, 0) is 16.1 Å². The minimum atomic E-state index is -0.420. The molecular formula is C18H28N2O2. The van der Waals surface area contributed by atoms with Crippen LogP contribution in [0.2, 0.25) is 0 Å². The smallest absolute Gasteiger partial charge is 0.312 e. The summed E-state index contributed by atoms with van der Waals surface area (Å²) in [6.45, 7) is 5.97. The van der Waals surface area contributed by atoms with Crippen molar-refractivity contribution in [1.82, 2.24) is 9.80 Å². The van der Waals surface area contributed by atoms with Gasteiger partial charge in [0.25, 0.3) is 0 Å². The number of hydrogen-bond acceptors (Lipinski definition) is 2. The van der Waals surface area contributed by atoms with Crippen LogP contribution in [0.4, 0.5) is 0 Å². The predicted molar refractivity (Wildman–Crippen MR) is 89.3 cm³/mol. The third-order valence-corrected chi connectivity index (χ3v) is 3.64. The molecule has 0 radical (unpaired) electrons. The maximum Gasteiger partial charge on any atom is 0.312 e. The predicted octanol–water partition coefficient (Wildman–Crippen LogP) is 3.07. The first-order valence-electron chi connectivity index (χ1n) is 8.18. The molecule has 0 aliphatic heterocycles. The normalized spacial score (nSPS) is 10.3. The zero-order chi connectivity index (χ0) is 16.4. The standard InChI is InChI=1S/C18H28N2O2/c1-4-6-13-20(14-7-5-2)18(22)17(21)19(3)15-16-11-9-8-10-12-16/h8-12H,4-7,13-15H2,1-3H3. The number of nitrogens with zero attached hydrogens (tertiary/aromatic N) is 2. The fraction of sp³-hybridized carbons (Fsp3) is 0.556. The summed E-state index contributed by atoms with van der Waals surface area (Å²) in [5.41, 5.74) is 1.03. The van der Waals surface area contributed by atoms with Crippen molar-refractivity contribution in [3.05, 3.63) is 35.9 Å². The van der Waals surface area contributed by atoms with E-state index in [2.05, 4.69) is 13.8 Å². The molecule has 0 bridgehead atoms. The van der Waals surface area contributed by atoms with Gasteiger partial charge in [0, 0.05) is 26.7 Å². The Labute approximate surface area is 134 Å². The highest BCUT2D eigenvalue weighted by molar-refractivity contribution is 6.34. The summed E-state index contributed by atoms with van der Waals surface area (Å²) < 4.78 is 0. The zero-order valence-electron chi connectivity index (χ0n) is 14.0. The first-order valence-corrected chi connectivity index (χ1v) is 8.18. The molecule has 0 aliphatic rings. The Balaban J connectivity index is 2.64. The summed E-state index contributed by atoms with van der Waals surface area (Å²) in [6, 6.07) is 9.72. The molecule has 0 aliphatic carbocycles. The Morgan fingerprint density at radius 3 is 1.95 bits per heavy atom. The molecule has 0 heterocycles. The number of unbranched alkanes of at least 4 members (excludes halogenated alkanes) is 2. The van der Waals surface area contributed by atoms with E-state index in [-0.39, 0.29) is 5.91 Å². The zero-order valence-corrected chi connectivity index (χ0v) is 14.0. The summed E-state index contributed by atoms with van der Waals surface area (Å²) in [7, 11) is 1.69. The minimum Gasteiger partial charge on any atom is -0.334 e. The van der Waals surface area contributed by atoms with Crippen LogP contribution in [0.25, 0.3) is 0 Å². The molecule has 22 heavy (non-hydrogen) atoms. The Bertz CT molecular complexity index is 451. The molecule has 0 fully saturated rings. The van der Waals surface area contributed by atoms with Gasteiger partial charge in [-0.2, -0.15) is 0 Å². The molecule has 0 unspecified atom stereocenters. The summed E-state index contributed by atoms with van der Waals surface area (Å²) in [4.78, 5) is 28.0. The van der Waals surface area contributed by atoms with E-state index >= 15 is 0 Å². The lowest BCUT2D eigenvalue weighted by Gasteiger charge is -2.25. The maximum absolute atomic E-state index is 12.4. The van der Waals surface area contributed by atoms with Gasteiger partial charge in [-0.25, -0.2) is 0 Å².